The van der Waals surface area contributed by atoms with Crippen molar-refractivity contribution in [3.63, 3.8) is 0 Å². The highest BCUT2D eigenvalue weighted by atomic mass is 35.5. The van der Waals surface area contributed by atoms with Gasteiger partial charge in [0.25, 0.3) is 5.91 Å². The summed E-state index contributed by atoms with van der Waals surface area (Å²) in [5.74, 6) is -0.440. The van der Waals surface area contributed by atoms with Gasteiger partial charge in [-0.3, -0.25) is 9.48 Å². The highest BCUT2D eigenvalue weighted by Gasteiger charge is 2.17. The highest BCUT2D eigenvalue weighted by molar-refractivity contribution is 6.30. The molecule has 3 aromatic rings. The number of carbonyl (C=O) groups is 1. The zero-order chi connectivity index (χ0) is 18.0. The van der Waals surface area contributed by atoms with Crippen molar-refractivity contribution in [3.8, 4) is 17.0 Å². The third-order valence-electron chi connectivity index (χ3n) is 3.65. The van der Waals surface area contributed by atoms with Gasteiger partial charge in [-0.1, -0.05) is 17.7 Å². The monoisotopic (exact) mass is 359 g/mol. The van der Waals surface area contributed by atoms with Crippen molar-refractivity contribution < 1.29 is 13.9 Å². The standard InChI is InChI=1S/C18H15ClFN3O2/c1-23-17(14-7-6-13(25-2)9-15(14)20)10-16(22-23)18(24)21-12-5-3-4-11(19)8-12/h3-10H,1-2H3,(H,21,24). The minimum atomic E-state index is -0.454. The van der Waals surface area contributed by atoms with Gasteiger partial charge in [0.2, 0.25) is 0 Å². The number of benzene rings is 2. The van der Waals surface area contributed by atoms with Crippen LogP contribution in [-0.2, 0) is 7.05 Å². The Balaban J connectivity index is 1.88. The molecule has 1 aromatic heterocycles. The van der Waals surface area contributed by atoms with E-state index in [1.807, 2.05) is 0 Å². The van der Waals surface area contributed by atoms with Gasteiger partial charge in [0.15, 0.2) is 5.69 Å². The Hall–Kier alpha value is -2.86. The molecule has 3 rings (SSSR count). The molecule has 2 aromatic carbocycles. The Kier molecular flexibility index (Phi) is 4.72. The van der Waals surface area contributed by atoms with Gasteiger partial charge in [0.1, 0.15) is 11.6 Å². The van der Waals surface area contributed by atoms with Crippen molar-refractivity contribution in [2.75, 3.05) is 12.4 Å². The minimum absolute atomic E-state index is 0.174. The van der Waals surface area contributed by atoms with Crippen molar-refractivity contribution >= 4 is 23.2 Å². The summed E-state index contributed by atoms with van der Waals surface area (Å²) >= 11 is 5.90. The molecule has 0 aliphatic rings. The van der Waals surface area contributed by atoms with Crippen LogP contribution in [-0.4, -0.2) is 22.8 Å². The molecule has 128 valence electrons. The van der Waals surface area contributed by atoms with Crippen LogP contribution >= 0.6 is 11.6 Å². The van der Waals surface area contributed by atoms with Crippen molar-refractivity contribution in [1.29, 1.82) is 0 Å². The second kappa shape index (κ2) is 6.94. The van der Waals surface area contributed by atoms with Gasteiger partial charge in [-0.15, -0.1) is 0 Å². The van der Waals surface area contributed by atoms with E-state index in [4.69, 9.17) is 16.3 Å². The number of halogens is 2. The number of aromatic nitrogens is 2. The molecule has 0 fully saturated rings. The molecule has 1 heterocycles. The maximum atomic E-state index is 14.3. The maximum Gasteiger partial charge on any atom is 0.276 e. The molecule has 1 N–H and O–H groups in total. The average molecular weight is 360 g/mol. The molecule has 0 spiro atoms. The van der Waals surface area contributed by atoms with Crippen LogP contribution in [0.2, 0.25) is 5.02 Å². The lowest BCUT2D eigenvalue weighted by atomic mass is 10.1. The van der Waals surface area contributed by atoms with Crippen LogP contribution in [0.5, 0.6) is 5.75 Å². The van der Waals surface area contributed by atoms with Gasteiger partial charge >= 0.3 is 0 Å². The average Bonchev–Trinajstić information content (AvgIpc) is 2.96. The van der Waals surface area contributed by atoms with Crippen LogP contribution in [0.1, 0.15) is 10.5 Å². The summed E-state index contributed by atoms with van der Waals surface area (Å²) in [6.07, 6.45) is 0. The van der Waals surface area contributed by atoms with Gasteiger partial charge in [-0.05, 0) is 36.4 Å². The molecule has 0 saturated carbocycles. The number of rotatable bonds is 4. The highest BCUT2D eigenvalue weighted by Crippen LogP contribution is 2.27. The second-order valence-corrected chi connectivity index (χ2v) is 5.79. The van der Waals surface area contributed by atoms with E-state index in [2.05, 4.69) is 10.4 Å². The molecule has 0 bridgehead atoms. The lowest BCUT2D eigenvalue weighted by molar-refractivity contribution is 0.102. The van der Waals surface area contributed by atoms with E-state index in [9.17, 15) is 9.18 Å². The van der Waals surface area contributed by atoms with E-state index < -0.39 is 11.7 Å². The van der Waals surface area contributed by atoms with Crippen LogP contribution in [0.25, 0.3) is 11.3 Å². The van der Waals surface area contributed by atoms with Crippen LogP contribution in [0.15, 0.2) is 48.5 Å². The summed E-state index contributed by atoms with van der Waals surface area (Å²) in [7, 11) is 3.12. The largest absolute Gasteiger partial charge is 0.497 e. The number of hydrogen-bond donors (Lipinski definition) is 1. The van der Waals surface area contributed by atoms with Gasteiger partial charge in [0.05, 0.1) is 12.8 Å². The number of anilines is 1. The summed E-state index contributed by atoms with van der Waals surface area (Å²) in [5, 5.41) is 7.39. The summed E-state index contributed by atoms with van der Waals surface area (Å²) < 4.78 is 20.7. The van der Waals surface area contributed by atoms with Crippen molar-refractivity contribution in [2.45, 2.75) is 0 Å². The molecular weight excluding hydrogens is 345 g/mol. The van der Waals surface area contributed by atoms with E-state index in [1.54, 1.807) is 43.4 Å². The SMILES string of the molecule is COc1ccc(-c2cc(C(=O)Nc3cccc(Cl)c3)nn2C)c(F)c1. The van der Waals surface area contributed by atoms with Crippen LogP contribution in [0, 0.1) is 5.82 Å². The smallest absolute Gasteiger partial charge is 0.276 e. The number of amides is 1. The van der Waals surface area contributed by atoms with E-state index in [0.29, 0.717) is 27.7 Å². The lowest BCUT2D eigenvalue weighted by Crippen LogP contribution is -2.12. The zero-order valence-electron chi connectivity index (χ0n) is 13.6. The lowest BCUT2D eigenvalue weighted by Gasteiger charge is -2.05. The van der Waals surface area contributed by atoms with Gasteiger partial charge in [-0.2, -0.15) is 5.10 Å². The third-order valence-corrected chi connectivity index (χ3v) is 3.88. The number of methoxy groups -OCH3 is 1. The third kappa shape index (κ3) is 3.64. The summed E-state index contributed by atoms with van der Waals surface area (Å²) in [5.41, 5.74) is 1.54. The number of aryl methyl sites for hydroxylation is 1. The van der Waals surface area contributed by atoms with Crippen LogP contribution in [0.3, 0.4) is 0 Å². The maximum absolute atomic E-state index is 14.3. The molecule has 0 radical (unpaired) electrons. The quantitative estimate of drug-likeness (QED) is 0.761. The fourth-order valence-corrected chi connectivity index (χ4v) is 2.61. The fraction of sp³-hybridized carbons (Fsp3) is 0.111. The Morgan fingerprint density at radius 3 is 2.72 bits per heavy atom. The summed E-state index contributed by atoms with van der Waals surface area (Å²) in [4.78, 5) is 12.4. The van der Waals surface area contributed by atoms with Crippen molar-refractivity contribution in [3.05, 3.63) is 65.1 Å². The molecule has 1 amide bonds. The van der Waals surface area contributed by atoms with Crippen molar-refractivity contribution in [2.24, 2.45) is 7.05 Å². The first-order chi connectivity index (χ1) is 12.0. The number of carbonyl (C=O) groups excluding carboxylic acids is 1. The summed E-state index contributed by atoms with van der Waals surface area (Å²) in [6, 6.07) is 12.8. The molecule has 7 heteroatoms. The Morgan fingerprint density at radius 2 is 2.04 bits per heavy atom. The van der Waals surface area contributed by atoms with E-state index in [0.717, 1.165) is 0 Å². The second-order valence-electron chi connectivity index (χ2n) is 5.35. The summed E-state index contributed by atoms with van der Waals surface area (Å²) in [6.45, 7) is 0. The first-order valence-corrected chi connectivity index (χ1v) is 7.80. The van der Waals surface area contributed by atoms with Crippen molar-refractivity contribution in [1.82, 2.24) is 9.78 Å². The van der Waals surface area contributed by atoms with Crippen LogP contribution < -0.4 is 10.1 Å². The molecule has 0 unspecified atom stereocenters. The first-order valence-electron chi connectivity index (χ1n) is 7.43. The Morgan fingerprint density at radius 1 is 1.24 bits per heavy atom. The number of nitrogens with one attached hydrogen (secondary N) is 1. The van der Waals surface area contributed by atoms with Gasteiger partial charge in [0, 0.05) is 29.4 Å². The number of nitrogens with zero attached hydrogens (tertiary/aromatic N) is 2. The topological polar surface area (TPSA) is 56.1 Å². The minimum Gasteiger partial charge on any atom is -0.497 e. The first kappa shape index (κ1) is 17.0. The predicted molar refractivity (Wildman–Crippen MR) is 94.6 cm³/mol. The van der Waals surface area contributed by atoms with Gasteiger partial charge < -0.3 is 10.1 Å². The normalized spacial score (nSPS) is 10.6. The van der Waals surface area contributed by atoms with E-state index in [-0.39, 0.29) is 5.69 Å². The van der Waals surface area contributed by atoms with E-state index in [1.165, 1.54) is 23.9 Å². The zero-order valence-corrected chi connectivity index (χ0v) is 14.3. The number of ether oxygens (including phenoxy) is 1. The Bertz CT molecular complexity index is 940. The molecule has 5 nitrogen and oxygen atoms in total. The molecule has 0 aliphatic heterocycles. The van der Waals surface area contributed by atoms with Gasteiger partial charge in [-0.25, -0.2) is 4.39 Å². The molecule has 0 aliphatic carbocycles. The fourth-order valence-electron chi connectivity index (χ4n) is 2.42. The Labute approximate surface area is 149 Å². The molecular formula is C18H15ClFN3O2. The molecule has 25 heavy (non-hydrogen) atoms. The molecule has 0 saturated heterocycles. The number of hydrogen-bond acceptors (Lipinski definition) is 3. The predicted octanol–water partition coefficient (Wildman–Crippen LogP) is 4.14. The van der Waals surface area contributed by atoms with E-state index >= 15 is 0 Å². The molecule has 0 atom stereocenters. The van der Waals surface area contributed by atoms with Crippen LogP contribution in [0.4, 0.5) is 10.1 Å².